The Morgan fingerprint density at radius 1 is 0.889 bits per heavy atom. The zero-order valence-corrected chi connectivity index (χ0v) is 15.5. The second kappa shape index (κ2) is 10.7. The second-order valence-corrected chi connectivity index (χ2v) is 5.64. The summed E-state index contributed by atoms with van der Waals surface area (Å²) in [5, 5.41) is 0. The average Bonchev–Trinajstić information content (AvgIpc) is 2.71. The maximum absolute atomic E-state index is 12.3. The van der Waals surface area contributed by atoms with Crippen LogP contribution in [0.15, 0.2) is 48.5 Å². The monoisotopic (exact) mass is 372 g/mol. The van der Waals surface area contributed by atoms with Crippen molar-refractivity contribution in [3.05, 3.63) is 54.1 Å². The lowest BCUT2D eigenvalue weighted by molar-refractivity contribution is -0.123. The molecule has 27 heavy (non-hydrogen) atoms. The van der Waals surface area contributed by atoms with Crippen LogP contribution in [0.4, 0.5) is 0 Å². The summed E-state index contributed by atoms with van der Waals surface area (Å²) < 4.78 is 16.2. The molecule has 0 fully saturated rings. The van der Waals surface area contributed by atoms with E-state index in [-0.39, 0.29) is 6.61 Å². The molecule has 2 amide bonds. The second-order valence-electron chi connectivity index (χ2n) is 5.64. The van der Waals surface area contributed by atoms with Crippen LogP contribution < -0.4 is 25.1 Å². The number of para-hydroxylation sites is 3. The van der Waals surface area contributed by atoms with Gasteiger partial charge in [0, 0.05) is 0 Å². The number of hydrogen-bond donors (Lipinski definition) is 2. The maximum Gasteiger partial charge on any atom is 0.276 e. The topological polar surface area (TPSA) is 85.9 Å². The first-order chi connectivity index (χ1) is 13.2. The molecule has 2 rings (SSSR count). The van der Waals surface area contributed by atoms with Crippen LogP contribution in [0, 0.1) is 0 Å². The summed E-state index contributed by atoms with van der Waals surface area (Å²) in [4.78, 5) is 24.2. The minimum atomic E-state index is -0.501. The van der Waals surface area contributed by atoms with E-state index in [0.29, 0.717) is 29.4 Å². The van der Waals surface area contributed by atoms with Crippen molar-refractivity contribution in [3.8, 4) is 17.2 Å². The number of methoxy groups -OCH3 is 1. The molecule has 0 aliphatic carbocycles. The lowest BCUT2D eigenvalue weighted by Crippen LogP contribution is -2.43. The highest BCUT2D eigenvalue weighted by Gasteiger charge is 2.13. The first-order valence-electron chi connectivity index (χ1n) is 8.72. The normalized spacial score (nSPS) is 10.0. The molecule has 0 aliphatic rings. The number of carbonyl (C=O) groups excluding carboxylic acids is 2. The Labute approximate surface area is 158 Å². The van der Waals surface area contributed by atoms with E-state index >= 15 is 0 Å². The fourth-order valence-corrected chi connectivity index (χ4v) is 2.22. The van der Waals surface area contributed by atoms with Crippen molar-refractivity contribution in [2.75, 3.05) is 20.3 Å². The molecule has 7 heteroatoms. The van der Waals surface area contributed by atoms with Crippen LogP contribution in [0.3, 0.4) is 0 Å². The molecule has 0 bridgehead atoms. The minimum absolute atomic E-state index is 0.269. The first kappa shape index (κ1) is 20.1. The highest BCUT2D eigenvalue weighted by molar-refractivity contribution is 5.97. The molecule has 0 aromatic heterocycles. The molecule has 2 aromatic rings. The van der Waals surface area contributed by atoms with Gasteiger partial charge in [-0.2, -0.15) is 0 Å². The lowest BCUT2D eigenvalue weighted by Gasteiger charge is -2.13. The van der Waals surface area contributed by atoms with Gasteiger partial charge in [0.05, 0.1) is 19.3 Å². The van der Waals surface area contributed by atoms with Crippen LogP contribution in [0.25, 0.3) is 0 Å². The number of carbonyl (C=O) groups is 2. The number of amides is 2. The predicted octanol–water partition coefficient (Wildman–Crippen LogP) is 2.71. The van der Waals surface area contributed by atoms with Gasteiger partial charge in [0.1, 0.15) is 5.75 Å². The van der Waals surface area contributed by atoms with Gasteiger partial charge in [-0.1, -0.05) is 37.6 Å². The van der Waals surface area contributed by atoms with Crippen molar-refractivity contribution >= 4 is 11.8 Å². The van der Waals surface area contributed by atoms with Crippen molar-refractivity contribution in [1.82, 2.24) is 10.9 Å². The van der Waals surface area contributed by atoms with Gasteiger partial charge in [-0.15, -0.1) is 0 Å². The minimum Gasteiger partial charge on any atom is -0.493 e. The van der Waals surface area contributed by atoms with E-state index in [4.69, 9.17) is 14.2 Å². The molecule has 0 spiro atoms. The number of hydrogen-bond acceptors (Lipinski definition) is 5. The van der Waals surface area contributed by atoms with E-state index in [9.17, 15) is 9.59 Å². The summed E-state index contributed by atoms with van der Waals surface area (Å²) in [5.41, 5.74) is 5.03. The molecule has 0 heterocycles. The summed E-state index contributed by atoms with van der Waals surface area (Å²) in [6.07, 6.45) is 1.89. The molecular weight excluding hydrogens is 348 g/mol. The smallest absolute Gasteiger partial charge is 0.276 e. The Hall–Kier alpha value is -3.22. The predicted molar refractivity (Wildman–Crippen MR) is 101 cm³/mol. The third-order valence-corrected chi connectivity index (χ3v) is 3.63. The summed E-state index contributed by atoms with van der Waals surface area (Å²) in [6.45, 7) is 2.32. The van der Waals surface area contributed by atoms with Gasteiger partial charge < -0.3 is 14.2 Å². The zero-order valence-electron chi connectivity index (χ0n) is 15.5. The molecule has 0 saturated carbocycles. The van der Waals surface area contributed by atoms with E-state index in [1.54, 1.807) is 48.5 Å². The van der Waals surface area contributed by atoms with Crippen LogP contribution >= 0.6 is 0 Å². The van der Waals surface area contributed by atoms with Gasteiger partial charge in [0.2, 0.25) is 0 Å². The van der Waals surface area contributed by atoms with Crippen molar-refractivity contribution in [2.45, 2.75) is 19.8 Å². The van der Waals surface area contributed by atoms with E-state index < -0.39 is 11.8 Å². The zero-order chi connectivity index (χ0) is 19.5. The Balaban J connectivity index is 1.85. The molecule has 2 N–H and O–H groups in total. The number of unbranched alkanes of at least 4 members (excludes halogenated alkanes) is 1. The van der Waals surface area contributed by atoms with E-state index in [1.165, 1.54) is 7.11 Å². The Morgan fingerprint density at radius 2 is 1.56 bits per heavy atom. The standard InChI is InChI=1S/C20H24N2O5/c1-3-4-13-26-16-10-6-5-9-15(16)20(24)22-21-19(23)14-27-18-12-8-7-11-17(18)25-2/h5-12H,3-4,13-14H2,1-2H3,(H,21,23)(H,22,24). The molecule has 0 unspecified atom stereocenters. The SMILES string of the molecule is CCCCOc1ccccc1C(=O)NNC(=O)COc1ccccc1OC. The third kappa shape index (κ3) is 6.22. The molecule has 0 radical (unpaired) electrons. The Kier molecular flexibility index (Phi) is 7.96. The van der Waals surface area contributed by atoms with Gasteiger partial charge in [0.15, 0.2) is 18.1 Å². The van der Waals surface area contributed by atoms with Crippen molar-refractivity contribution in [1.29, 1.82) is 0 Å². The highest BCUT2D eigenvalue weighted by Crippen LogP contribution is 2.25. The summed E-state index contributed by atoms with van der Waals surface area (Å²) in [7, 11) is 1.52. The molecular formula is C20H24N2O5. The molecule has 7 nitrogen and oxygen atoms in total. The van der Waals surface area contributed by atoms with Crippen LogP contribution in [0.2, 0.25) is 0 Å². The number of ether oxygens (including phenoxy) is 3. The first-order valence-corrected chi connectivity index (χ1v) is 8.72. The van der Waals surface area contributed by atoms with Gasteiger partial charge in [-0.3, -0.25) is 20.4 Å². The van der Waals surface area contributed by atoms with Gasteiger partial charge in [-0.25, -0.2) is 0 Å². The number of hydrazine groups is 1. The quantitative estimate of drug-likeness (QED) is 0.522. The number of rotatable bonds is 9. The van der Waals surface area contributed by atoms with Gasteiger partial charge in [-0.05, 0) is 30.7 Å². The van der Waals surface area contributed by atoms with Crippen LogP contribution in [-0.4, -0.2) is 32.1 Å². The van der Waals surface area contributed by atoms with Crippen LogP contribution in [-0.2, 0) is 4.79 Å². The highest BCUT2D eigenvalue weighted by atomic mass is 16.5. The fourth-order valence-electron chi connectivity index (χ4n) is 2.22. The summed E-state index contributed by atoms with van der Waals surface area (Å²) in [5.74, 6) is 0.470. The van der Waals surface area contributed by atoms with Gasteiger partial charge >= 0.3 is 0 Å². The number of benzene rings is 2. The van der Waals surface area contributed by atoms with Crippen LogP contribution in [0.1, 0.15) is 30.1 Å². The number of nitrogens with one attached hydrogen (secondary N) is 2. The largest absolute Gasteiger partial charge is 0.493 e. The summed E-state index contributed by atoms with van der Waals surface area (Å²) >= 11 is 0. The molecule has 0 atom stereocenters. The molecule has 0 aliphatic heterocycles. The van der Waals surface area contributed by atoms with Crippen molar-refractivity contribution in [3.63, 3.8) is 0 Å². The van der Waals surface area contributed by atoms with E-state index in [0.717, 1.165) is 12.8 Å². The lowest BCUT2D eigenvalue weighted by atomic mass is 10.2. The maximum atomic E-state index is 12.3. The third-order valence-electron chi connectivity index (χ3n) is 3.63. The average molecular weight is 372 g/mol. The Bertz CT molecular complexity index is 764. The molecule has 2 aromatic carbocycles. The fraction of sp³-hybridized carbons (Fsp3) is 0.300. The molecule has 0 saturated heterocycles. The van der Waals surface area contributed by atoms with Crippen LogP contribution in [0.5, 0.6) is 17.2 Å². The molecule has 144 valence electrons. The Morgan fingerprint density at radius 3 is 2.26 bits per heavy atom. The van der Waals surface area contributed by atoms with Gasteiger partial charge in [0.25, 0.3) is 11.8 Å². The van der Waals surface area contributed by atoms with Crippen molar-refractivity contribution < 1.29 is 23.8 Å². The van der Waals surface area contributed by atoms with E-state index in [2.05, 4.69) is 17.8 Å². The summed E-state index contributed by atoms with van der Waals surface area (Å²) in [6, 6.07) is 13.9. The van der Waals surface area contributed by atoms with Crippen molar-refractivity contribution in [2.24, 2.45) is 0 Å². The van der Waals surface area contributed by atoms with E-state index in [1.807, 2.05) is 0 Å².